The first kappa shape index (κ1) is 16.2. The number of carbonyl (C=O) groups excluding carboxylic acids is 2. The zero-order chi connectivity index (χ0) is 17.3. The van der Waals surface area contributed by atoms with Crippen LogP contribution in [-0.4, -0.2) is 22.0 Å². The molecule has 0 bridgehead atoms. The van der Waals surface area contributed by atoms with E-state index >= 15 is 0 Å². The second-order valence-electron chi connectivity index (χ2n) is 5.03. The minimum Gasteiger partial charge on any atom is -0.508 e. The number of phenolic OH excluding ortho intramolecular Hbond substituents is 1. The highest BCUT2D eigenvalue weighted by molar-refractivity contribution is 7.80. The molecule has 1 aliphatic heterocycles. The molecule has 7 heteroatoms. The van der Waals surface area contributed by atoms with E-state index in [1.54, 1.807) is 36.4 Å². The molecule has 3 rings (SSSR count). The summed E-state index contributed by atoms with van der Waals surface area (Å²) in [4.78, 5) is 26.1. The van der Waals surface area contributed by atoms with Gasteiger partial charge < -0.3 is 5.11 Å². The van der Waals surface area contributed by atoms with Crippen LogP contribution in [0.5, 0.6) is 5.75 Å². The summed E-state index contributed by atoms with van der Waals surface area (Å²) in [5.74, 6) is -0.997. The number of hydrogen-bond donors (Lipinski definition) is 2. The molecular weight excluding hydrogens is 348 g/mol. The highest BCUT2D eigenvalue weighted by Gasteiger charge is 2.34. The molecular formula is C17H11ClN2O3S. The summed E-state index contributed by atoms with van der Waals surface area (Å²) in [6, 6.07) is 12.7. The molecule has 24 heavy (non-hydrogen) atoms. The Morgan fingerprint density at radius 2 is 1.67 bits per heavy atom. The zero-order valence-corrected chi connectivity index (χ0v) is 13.8. The van der Waals surface area contributed by atoms with Crippen LogP contribution in [0.4, 0.5) is 5.69 Å². The van der Waals surface area contributed by atoms with Crippen molar-refractivity contribution in [2.75, 3.05) is 4.90 Å². The molecule has 2 N–H and O–H groups in total. The number of amides is 2. The summed E-state index contributed by atoms with van der Waals surface area (Å²) in [5, 5.41) is 12.3. The minimum absolute atomic E-state index is 0.00942. The number of rotatable bonds is 2. The predicted octanol–water partition coefficient (Wildman–Crippen LogP) is 2.88. The van der Waals surface area contributed by atoms with Crippen LogP contribution in [0.3, 0.4) is 0 Å². The maximum Gasteiger partial charge on any atom is 0.270 e. The highest BCUT2D eigenvalue weighted by Crippen LogP contribution is 2.24. The van der Waals surface area contributed by atoms with Gasteiger partial charge in [0, 0.05) is 5.02 Å². The van der Waals surface area contributed by atoms with E-state index in [9.17, 15) is 14.7 Å². The Kier molecular flexibility index (Phi) is 4.33. The van der Waals surface area contributed by atoms with Crippen LogP contribution in [0.2, 0.25) is 5.02 Å². The van der Waals surface area contributed by atoms with Crippen molar-refractivity contribution < 1.29 is 14.7 Å². The number of thiocarbonyl (C=S) groups is 1. The molecule has 2 amide bonds. The molecule has 1 aliphatic rings. The number of phenols is 1. The Morgan fingerprint density at radius 1 is 1.04 bits per heavy atom. The van der Waals surface area contributed by atoms with Gasteiger partial charge in [-0.3, -0.25) is 19.8 Å². The van der Waals surface area contributed by atoms with Gasteiger partial charge in [-0.1, -0.05) is 23.7 Å². The number of anilines is 1. The first-order valence-corrected chi connectivity index (χ1v) is 7.70. The van der Waals surface area contributed by atoms with Crippen molar-refractivity contribution >= 4 is 52.5 Å². The Morgan fingerprint density at radius 3 is 2.29 bits per heavy atom. The van der Waals surface area contributed by atoms with Gasteiger partial charge in [0.25, 0.3) is 11.8 Å². The van der Waals surface area contributed by atoms with E-state index < -0.39 is 11.8 Å². The molecule has 1 heterocycles. The molecule has 120 valence electrons. The van der Waals surface area contributed by atoms with Gasteiger partial charge in [0.1, 0.15) is 11.3 Å². The maximum absolute atomic E-state index is 12.7. The first-order valence-electron chi connectivity index (χ1n) is 6.92. The minimum atomic E-state index is -0.566. The second kappa shape index (κ2) is 6.43. The summed E-state index contributed by atoms with van der Waals surface area (Å²) in [6.45, 7) is 0. The molecule has 5 nitrogen and oxygen atoms in total. The molecule has 1 saturated heterocycles. The number of hydrogen-bond acceptors (Lipinski definition) is 4. The lowest BCUT2D eigenvalue weighted by Gasteiger charge is -2.28. The number of benzene rings is 2. The number of aromatic hydroxyl groups is 1. The van der Waals surface area contributed by atoms with Crippen molar-refractivity contribution in [2.24, 2.45) is 0 Å². The van der Waals surface area contributed by atoms with Crippen molar-refractivity contribution in [2.45, 2.75) is 0 Å². The Hall–Kier alpha value is -2.70. The topological polar surface area (TPSA) is 69.6 Å². The number of halogens is 1. The van der Waals surface area contributed by atoms with E-state index in [-0.39, 0.29) is 16.4 Å². The molecule has 0 radical (unpaired) electrons. The molecule has 0 saturated carbocycles. The third kappa shape index (κ3) is 3.15. The largest absolute Gasteiger partial charge is 0.508 e. The highest BCUT2D eigenvalue weighted by atomic mass is 35.5. The number of nitrogens with zero attached hydrogens (tertiary/aromatic N) is 1. The fraction of sp³-hybridized carbons (Fsp3) is 0. The summed E-state index contributed by atoms with van der Waals surface area (Å²) in [6.07, 6.45) is 1.45. The Bertz CT molecular complexity index is 860. The predicted molar refractivity (Wildman–Crippen MR) is 95.8 cm³/mol. The van der Waals surface area contributed by atoms with Gasteiger partial charge in [-0.25, -0.2) is 0 Å². The van der Waals surface area contributed by atoms with Crippen LogP contribution in [-0.2, 0) is 9.59 Å². The van der Waals surface area contributed by atoms with Gasteiger partial charge >= 0.3 is 0 Å². The molecule has 2 aromatic carbocycles. The van der Waals surface area contributed by atoms with Gasteiger partial charge in [-0.15, -0.1) is 0 Å². The number of carbonyl (C=O) groups is 2. The van der Waals surface area contributed by atoms with Crippen LogP contribution < -0.4 is 10.2 Å². The lowest BCUT2D eigenvalue weighted by molar-refractivity contribution is -0.122. The van der Waals surface area contributed by atoms with Gasteiger partial charge in [0.05, 0.1) is 5.69 Å². The van der Waals surface area contributed by atoms with Gasteiger partial charge in [-0.2, -0.15) is 0 Å². The summed E-state index contributed by atoms with van der Waals surface area (Å²) < 4.78 is 0. The van der Waals surface area contributed by atoms with Crippen molar-refractivity contribution in [1.82, 2.24) is 5.32 Å². The monoisotopic (exact) mass is 358 g/mol. The Labute approximate surface area is 148 Å². The van der Waals surface area contributed by atoms with Crippen molar-refractivity contribution in [1.29, 1.82) is 0 Å². The van der Waals surface area contributed by atoms with Gasteiger partial charge in [0.15, 0.2) is 5.11 Å². The van der Waals surface area contributed by atoms with E-state index in [0.29, 0.717) is 16.3 Å². The molecule has 0 spiro atoms. The quantitative estimate of drug-likeness (QED) is 0.492. The van der Waals surface area contributed by atoms with E-state index in [0.717, 1.165) is 0 Å². The fourth-order valence-electron chi connectivity index (χ4n) is 2.22. The first-order chi connectivity index (χ1) is 11.5. The van der Waals surface area contributed by atoms with Crippen molar-refractivity contribution in [3.63, 3.8) is 0 Å². The molecule has 0 aliphatic carbocycles. The third-order valence-corrected chi connectivity index (χ3v) is 3.93. The van der Waals surface area contributed by atoms with Crippen LogP contribution in [0, 0.1) is 0 Å². The van der Waals surface area contributed by atoms with Gasteiger partial charge in [0.2, 0.25) is 0 Å². The van der Waals surface area contributed by atoms with Gasteiger partial charge in [-0.05, 0) is 60.3 Å². The molecule has 1 fully saturated rings. The smallest absolute Gasteiger partial charge is 0.270 e. The van der Waals surface area contributed by atoms with E-state index in [1.807, 2.05) is 0 Å². The standard InChI is InChI=1S/C17H11ClN2O3S/c18-11-3-5-12(6-4-11)20-16(23)14(15(22)19-17(20)24)9-10-1-7-13(21)8-2-10/h1-9,21H,(H,19,22,24)/b14-9+. The van der Waals surface area contributed by atoms with Crippen LogP contribution in [0.15, 0.2) is 54.1 Å². The summed E-state index contributed by atoms with van der Waals surface area (Å²) in [5.41, 5.74) is 1.06. The molecule has 2 aromatic rings. The number of nitrogens with one attached hydrogen (secondary N) is 1. The van der Waals surface area contributed by atoms with E-state index in [4.69, 9.17) is 23.8 Å². The molecule has 0 atom stereocenters. The van der Waals surface area contributed by atoms with Crippen molar-refractivity contribution in [3.8, 4) is 5.75 Å². The second-order valence-corrected chi connectivity index (χ2v) is 5.85. The lowest BCUT2D eigenvalue weighted by atomic mass is 10.1. The van der Waals surface area contributed by atoms with Crippen LogP contribution in [0.25, 0.3) is 6.08 Å². The summed E-state index contributed by atoms with van der Waals surface area (Å²) in [7, 11) is 0. The van der Waals surface area contributed by atoms with Crippen molar-refractivity contribution in [3.05, 3.63) is 64.7 Å². The van der Waals surface area contributed by atoms with E-state index in [2.05, 4.69) is 5.32 Å². The SMILES string of the molecule is O=C1NC(=S)N(c2ccc(Cl)cc2)C(=O)/C1=C/c1ccc(O)cc1. The molecule has 0 aromatic heterocycles. The van der Waals surface area contributed by atoms with Crippen LogP contribution >= 0.6 is 23.8 Å². The normalized spacial score (nSPS) is 16.5. The zero-order valence-electron chi connectivity index (χ0n) is 12.2. The third-order valence-electron chi connectivity index (χ3n) is 3.39. The van der Waals surface area contributed by atoms with E-state index in [1.165, 1.54) is 23.1 Å². The lowest BCUT2D eigenvalue weighted by Crippen LogP contribution is -2.54. The molecule has 0 unspecified atom stereocenters. The summed E-state index contributed by atoms with van der Waals surface area (Å²) >= 11 is 11.0. The van der Waals surface area contributed by atoms with Crippen LogP contribution in [0.1, 0.15) is 5.56 Å². The maximum atomic E-state index is 12.7. The fourth-order valence-corrected chi connectivity index (χ4v) is 2.63. The Balaban J connectivity index is 1.99. The average molecular weight is 359 g/mol. The average Bonchev–Trinajstić information content (AvgIpc) is 2.55.